The van der Waals surface area contributed by atoms with Crippen LogP contribution in [-0.4, -0.2) is 5.78 Å². The lowest BCUT2D eigenvalue weighted by molar-refractivity contribution is -0.119. The van der Waals surface area contributed by atoms with Gasteiger partial charge in [-0.25, -0.2) is 0 Å². The number of unbranched alkanes of at least 4 members (excludes halogenated alkanes) is 23. The van der Waals surface area contributed by atoms with E-state index in [4.69, 9.17) is 0 Å². The van der Waals surface area contributed by atoms with Crippen LogP contribution in [0.25, 0.3) is 0 Å². The fourth-order valence-corrected chi connectivity index (χ4v) is 4.63. The number of hydrogen-bond acceptors (Lipinski definition) is 1. The second-order valence-electron chi connectivity index (χ2n) is 10.2. The molecule has 0 amide bonds. The lowest BCUT2D eigenvalue weighted by Gasteiger charge is -2.04. The molecule has 0 aromatic heterocycles. The predicted molar refractivity (Wildman–Crippen MR) is 141 cm³/mol. The normalized spacial score (nSPS) is 11.3. The first-order valence-corrected chi connectivity index (χ1v) is 14.8. The van der Waals surface area contributed by atoms with E-state index in [9.17, 15) is 4.79 Å². The molecule has 0 heterocycles. The Morgan fingerprint density at radius 3 is 0.742 bits per heavy atom. The summed E-state index contributed by atoms with van der Waals surface area (Å²) in [6.45, 7) is 4.56. The van der Waals surface area contributed by atoms with E-state index in [0.29, 0.717) is 5.78 Å². The van der Waals surface area contributed by atoms with E-state index in [0.717, 1.165) is 25.7 Å². The van der Waals surface area contributed by atoms with Crippen molar-refractivity contribution < 1.29 is 4.79 Å². The van der Waals surface area contributed by atoms with E-state index >= 15 is 0 Å². The van der Waals surface area contributed by atoms with Crippen molar-refractivity contribution in [1.82, 2.24) is 0 Å². The molecule has 0 saturated carbocycles. The Morgan fingerprint density at radius 2 is 0.516 bits per heavy atom. The van der Waals surface area contributed by atoms with Gasteiger partial charge in [0.05, 0.1) is 0 Å². The van der Waals surface area contributed by atoms with Crippen molar-refractivity contribution >= 4 is 5.78 Å². The minimum absolute atomic E-state index is 0.519. The molecule has 0 aromatic carbocycles. The molecule has 0 atom stereocenters. The van der Waals surface area contributed by atoms with Crippen molar-refractivity contribution in [2.45, 2.75) is 187 Å². The maximum Gasteiger partial charge on any atom is 0.132 e. The third-order valence-corrected chi connectivity index (χ3v) is 6.87. The number of carbonyl (C=O) groups excluding carboxylic acids is 1. The first-order chi connectivity index (χ1) is 15.3. The summed E-state index contributed by atoms with van der Waals surface area (Å²) in [7, 11) is 0. The summed E-state index contributed by atoms with van der Waals surface area (Å²) in [4.78, 5) is 12.0. The molecule has 1 heteroatoms. The number of Topliss-reactive ketones (excluding diaryl/α,β-unsaturated/α-hetero) is 1. The van der Waals surface area contributed by atoms with Gasteiger partial charge in [0.15, 0.2) is 0 Å². The van der Waals surface area contributed by atoms with Gasteiger partial charge in [-0.1, -0.05) is 162 Å². The Balaban J connectivity index is 3.11. The van der Waals surface area contributed by atoms with Gasteiger partial charge in [0.25, 0.3) is 0 Å². The minimum atomic E-state index is 0.519. The molecular formula is C30H60O. The standard InChI is InChI=1S/C30H60O/c1-3-5-7-9-11-12-13-14-15-16-17-18-19-20-21-23-25-27-29-30(31)28-26-24-22-10-8-6-4-2/h3-29H2,1-2H3. The summed E-state index contributed by atoms with van der Waals surface area (Å²) in [6.07, 6.45) is 36.1. The highest BCUT2D eigenvalue weighted by Crippen LogP contribution is 2.15. The van der Waals surface area contributed by atoms with E-state index in [1.807, 2.05) is 0 Å². The molecule has 0 saturated heterocycles. The third-order valence-electron chi connectivity index (χ3n) is 6.87. The van der Waals surface area contributed by atoms with Crippen molar-refractivity contribution in [3.05, 3.63) is 0 Å². The monoisotopic (exact) mass is 436 g/mol. The second-order valence-corrected chi connectivity index (χ2v) is 10.2. The average molecular weight is 437 g/mol. The van der Waals surface area contributed by atoms with Crippen LogP contribution in [0, 0.1) is 0 Å². The third kappa shape index (κ3) is 27.6. The molecule has 0 fully saturated rings. The van der Waals surface area contributed by atoms with Gasteiger partial charge in [-0.3, -0.25) is 4.79 Å². The summed E-state index contributed by atoms with van der Waals surface area (Å²) in [6, 6.07) is 0. The Bertz CT molecular complexity index is 335. The van der Waals surface area contributed by atoms with Crippen molar-refractivity contribution in [3.63, 3.8) is 0 Å². The zero-order chi connectivity index (χ0) is 22.7. The first kappa shape index (κ1) is 30.7. The summed E-state index contributed by atoms with van der Waals surface area (Å²) >= 11 is 0. The van der Waals surface area contributed by atoms with E-state index in [-0.39, 0.29) is 0 Å². The molecule has 0 N–H and O–H groups in total. The van der Waals surface area contributed by atoms with Crippen LogP contribution in [0.3, 0.4) is 0 Å². The molecule has 0 spiro atoms. The molecule has 0 aliphatic carbocycles. The number of carbonyl (C=O) groups is 1. The van der Waals surface area contributed by atoms with Gasteiger partial charge in [0.2, 0.25) is 0 Å². The van der Waals surface area contributed by atoms with Crippen LogP contribution >= 0.6 is 0 Å². The first-order valence-electron chi connectivity index (χ1n) is 14.8. The van der Waals surface area contributed by atoms with Crippen LogP contribution in [0.15, 0.2) is 0 Å². The van der Waals surface area contributed by atoms with Gasteiger partial charge in [0, 0.05) is 12.8 Å². The van der Waals surface area contributed by atoms with Gasteiger partial charge in [-0.2, -0.15) is 0 Å². The lowest BCUT2D eigenvalue weighted by Crippen LogP contribution is -1.97. The van der Waals surface area contributed by atoms with Gasteiger partial charge < -0.3 is 0 Å². The zero-order valence-electron chi connectivity index (χ0n) is 22.0. The molecule has 0 radical (unpaired) electrons. The SMILES string of the molecule is CCCCCCCCCCCCCCCCCCCCC(=O)CCCCCCCCC. The Labute approximate surface area is 197 Å². The number of hydrogen-bond donors (Lipinski definition) is 0. The molecule has 0 unspecified atom stereocenters. The van der Waals surface area contributed by atoms with E-state index in [1.165, 1.54) is 148 Å². The maximum absolute atomic E-state index is 12.0. The molecule has 0 aliphatic heterocycles. The second kappa shape index (κ2) is 27.7. The minimum Gasteiger partial charge on any atom is -0.300 e. The Kier molecular flexibility index (Phi) is 27.4. The molecule has 1 nitrogen and oxygen atoms in total. The van der Waals surface area contributed by atoms with Gasteiger partial charge in [0.1, 0.15) is 5.78 Å². The average Bonchev–Trinajstić information content (AvgIpc) is 2.77. The fraction of sp³-hybridized carbons (Fsp3) is 0.967. The van der Waals surface area contributed by atoms with Crippen LogP contribution in [-0.2, 0) is 4.79 Å². The molecular weight excluding hydrogens is 376 g/mol. The lowest BCUT2D eigenvalue weighted by atomic mass is 10.0. The number of ketones is 1. The summed E-state index contributed by atoms with van der Waals surface area (Å²) in [5, 5.41) is 0. The number of rotatable bonds is 27. The van der Waals surface area contributed by atoms with Crippen molar-refractivity contribution in [1.29, 1.82) is 0 Å². The quantitative estimate of drug-likeness (QED) is 0.117. The summed E-state index contributed by atoms with van der Waals surface area (Å²) < 4.78 is 0. The predicted octanol–water partition coefficient (Wildman–Crippen LogP) is 11.1. The van der Waals surface area contributed by atoms with Crippen molar-refractivity contribution in [2.24, 2.45) is 0 Å². The van der Waals surface area contributed by atoms with E-state index in [2.05, 4.69) is 13.8 Å². The highest BCUT2D eigenvalue weighted by molar-refractivity contribution is 5.78. The largest absolute Gasteiger partial charge is 0.300 e. The molecule has 0 rings (SSSR count). The van der Waals surface area contributed by atoms with Crippen LogP contribution in [0.1, 0.15) is 187 Å². The highest BCUT2D eigenvalue weighted by atomic mass is 16.1. The van der Waals surface area contributed by atoms with Crippen LogP contribution < -0.4 is 0 Å². The smallest absolute Gasteiger partial charge is 0.132 e. The Hall–Kier alpha value is -0.330. The van der Waals surface area contributed by atoms with Crippen LogP contribution in [0.4, 0.5) is 0 Å². The van der Waals surface area contributed by atoms with Crippen molar-refractivity contribution in [3.8, 4) is 0 Å². The van der Waals surface area contributed by atoms with E-state index in [1.54, 1.807) is 0 Å². The topological polar surface area (TPSA) is 17.1 Å². The molecule has 186 valence electrons. The van der Waals surface area contributed by atoms with Gasteiger partial charge >= 0.3 is 0 Å². The van der Waals surface area contributed by atoms with Gasteiger partial charge in [-0.15, -0.1) is 0 Å². The van der Waals surface area contributed by atoms with E-state index < -0.39 is 0 Å². The maximum atomic E-state index is 12.0. The zero-order valence-corrected chi connectivity index (χ0v) is 22.0. The van der Waals surface area contributed by atoms with Gasteiger partial charge in [-0.05, 0) is 12.8 Å². The summed E-state index contributed by atoms with van der Waals surface area (Å²) in [5.74, 6) is 0.519. The van der Waals surface area contributed by atoms with Crippen LogP contribution in [0.5, 0.6) is 0 Å². The molecule has 0 aliphatic rings. The molecule has 0 bridgehead atoms. The molecule has 31 heavy (non-hydrogen) atoms. The summed E-state index contributed by atoms with van der Waals surface area (Å²) in [5.41, 5.74) is 0. The van der Waals surface area contributed by atoms with Crippen LogP contribution in [0.2, 0.25) is 0 Å². The highest BCUT2D eigenvalue weighted by Gasteiger charge is 2.02. The Morgan fingerprint density at radius 1 is 0.323 bits per heavy atom. The fourth-order valence-electron chi connectivity index (χ4n) is 4.63. The van der Waals surface area contributed by atoms with Crippen molar-refractivity contribution in [2.75, 3.05) is 0 Å². The molecule has 0 aromatic rings.